The zero-order chi connectivity index (χ0) is 16.4. The van der Waals surface area contributed by atoms with Gasteiger partial charge in [-0.1, -0.05) is 23.7 Å². The molecule has 1 aromatic carbocycles. The molecule has 0 aliphatic carbocycles. The van der Waals surface area contributed by atoms with Gasteiger partial charge in [0.15, 0.2) is 0 Å². The molecule has 0 atom stereocenters. The number of amides is 1. The lowest BCUT2D eigenvalue weighted by Crippen LogP contribution is -2.17. The number of aryl methyl sites for hydroxylation is 1. The van der Waals surface area contributed by atoms with Crippen LogP contribution in [0.4, 0.5) is 5.69 Å². The molecule has 2 aromatic heterocycles. The number of anilines is 1. The van der Waals surface area contributed by atoms with E-state index in [1.807, 2.05) is 24.3 Å². The summed E-state index contributed by atoms with van der Waals surface area (Å²) in [5, 5.41) is 11.7. The van der Waals surface area contributed by atoms with E-state index in [1.165, 1.54) is 0 Å². The molecule has 118 valence electrons. The van der Waals surface area contributed by atoms with Gasteiger partial charge in [-0.3, -0.25) is 14.2 Å². The normalized spacial score (nSPS) is 10.7. The summed E-state index contributed by atoms with van der Waals surface area (Å²) in [6, 6.07) is 7.63. The van der Waals surface area contributed by atoms with Gasteiger partial charge in [-0.25, -0.2) is 0 Å². The van der Waals surface area contributed by atoms with Gasteiger partial charge in [0, 0.05) is 18.9 Å². The summed E-state index contributed by atoms with van der Waals surface area (Å²) in [6.07, 6.45) is 5.01. The Balaban J connectivity index is 1.76. The number of benzene rings is 1. The lowest BCUT2D eigenvalue weighted by molar-refractivity contribution is 0.101. The molecule has 0 unspecified atom stereocenters. The van der Waals surface area contributed by atoms with Crippen LogP contribution in [0, 0.1) is 3.57 Å². The zero-order valence-electron chi connectivity index (χ0n) is 12.2. The van der Waals surface area contributed by atoms with Crippen LogP contribution in [0.15, 0.2) is 42.9 Å². The molecule has 0 aliphatic heterocycles. The molecule has 23 heavy (non-hydrogen) atoms. The van der Waals surface area contributed by atoms with Crippen LogP contribution >= 0.6 is 34.2 Å². The van der Waals surface area contributed by atoms with E-state index in [9.17, 15) is 4.79 Å². The maximum atomic E-state index is 12.4. The first-order valence-electron chi connectivity index (χ1n) is 6.78. The Labute approximate surface area is 151 Å². The Morgan fingerprint density at radius 2 is 2.17 bits per heavy atom. The zero-order valence-corrected chi connectivity index (χ0v) is 15.1. The Morgan fingerprint density at radius 3 is 2.83 bits per heavy atom. The van der Waals surface area contributed by atoms with Crippen molar-refractivity contribution in [2.45, 2.75) is 6.54 Å². The van der Waals surface area contributed by atoms with Gasteiger partial charge in [0.1, 0.15) is 5.69 Å². The van der Waals surface area contributed by atoms with Gasteiger partial charge < -0.3 is 5.32 Å². The van der Waals surface area contributed by atoms with E-state index in [4.69, 9.17) is 11.6 Å². The minimum absolute atomic E-state index is 0.186. The van der Waals surface area contributed by atoms with E-state index in [-0.39, 0.29) is 5.91 Å². The number of nitrogens with zero attached hydrogens (tertiary/aromatic N) is 4. The van der Waals surface area contributed by atoms with Gasteiger partial charge in [-0.05, 0) is 40.3 Å². The molecule has 2 heterocycles. The lowest BCUT2D eigenvalue weighted by Gasteiger charge is -2.08. The largest absolute Gasteiger partial charge is 0.321 e. The molecule has 0 radical (unpaired) electrons. The van der Waals surface area contributed by atoms with Gasteiger partial charge >= 0.3 is 0 Å². The summed E-state index contributed by atoms with van der Waals surface area (Å²) in [4.78, 5) is 12.4. The average molecular weight is 442 g/mol. The number of halogens is 2. The minimum Gasteiger partial charge on any atom is -0.321 e. The first-order valence-corrected chi connectivity index (χ1v) is 8.24. The van der Waals surface area contributed by atoms with Crippen LogP contribution in [-0.4, -0.2) is 25.5 Å². The van der Waals surface area contributed by atoms with E-state index in [0.29, 0.717) is 17.3 Å². The van der Waals surface area contributed by atoms with Crippen LogP contribution in [0.5, 0.6) is 0 Å². The van der Waals surface area contributed by atoms with Gasteiger partial charge in [0.05, 0.1) is 27.5 Å². The summed E-state index contributed by atoms with van der Waals surface area (Å²) < 4.78 is 4.12. The number of nitrogens with one attached hydrogen (secondary N) is 1. The molecule has 0 fully saturated rings. The van der Waals surface area contributed by atoms with Crippen LogP contribution < -0.4 is 5.32 Å². The third kappa shape index (κ3) is 3.73. The van der Waals surface area contributed by atoms with Crippen molar-refractivity contribution in [1.29, 1.82) is 0 Å². The molecule has 1 N–H and O–H groups in total. The lowest BCUT2D eigenvalue weighted by atomic mass is 10.2. The Kier molecular flexibility index (Phi) is 4.67. The Hall–Kier alpha value is -1.87. The number of carbonyl (C=O) groups is 1. The third-order valence-corrected chi connectivity index (χ3v) is 4.22. The topological polar surface area (TPSA) is 64.7 Å². The van der Waals surface area contributed by atoms with Crippen molar-refractivity contribution in [2.75, 3.05) is 5.32 Å². The second kappa shape index (κ2) is 6.71. The molecule has 3 rings (SSSR count). The monoisotopic (exact) mass is 441 g/mol. The highest BCUT2D eigenvalue weighted by Gasteiger charge is 2.15. The summed E-state index contributed by atoms with van der Waals surface area (Å²) in [7, 11) is 1.74. The first-order chi connectivity index (χ1) is 11.0. The fourth-order valence-electron chi connectivity index (χ4n) is 2.22. The first kappa shape index (κ1) is 16.0. The van der Waals surface area contributed by atoms with Gasteiger partial charge in [0.2, 0.25) is 0 Å². The molecular formula is C15H13ClIN5O. The molecule has 0 bridgehead atoms. The van der Waals surface area contributed by atoms with Gasteiger partial charge in [-0.2, -0.15) is 10.2 Å². The minimum atomic E-state index is -0.186. The highest BCUT2D eigenvalue weighted by atomic mass is 127. The highest BCUT2D eigenvalue weighted by Crippen LogP contribution is 2.16. The maximum absolute atomic E-state index is 12.4. The van der Waals surface area contributed by atoms with Gasteiger partial charge in [-0.15, -0.1) is 0 Å². The number of hydrogen-bond acceptors (Lipinski definition) is 3. The molecule has 0 saturated carbocycles. The van der Waals surface area contributed by atoms with E-state index in [0.717, 1.165) is 14.8 Å². The number of hydrogen-bond donors (Lipinski definition) is 1. The number of carbonyl (C=O) groups excluding carboxylic acids is 1. The average Bonchev–Trinajstić information content (AvgIpc) is 3.05. The van der Waals surface area contributed by atoms with Crippen molar-refractivity contribution >= 4 is 45.8 Å². The van der Waals surface area contributed by atoms with E-state index in [2.05, 4.69) is 38.1 Å². The van der Waals surface area contributed by atoms with Crippen LogP contribution in [0.1, 0.15) is 16.1 Å². The molecule has 0 saturated heterocycles. The molecule has 0 spiro atoms. The predicted molar refractivity (Wildman–Crippen MR) is 96.7 cm³/mol. The van der Waals surface area contributed by atoms with Crippen molar-refractivity contribution in [2.24, 2.45) is 7.05 Å². The molecular weight excluding hydrogens is 429 g/mol. The smallest absolute Gasteiger partial charge is 0.275 e. The summed E-state index contributed by atoms with van der Waals surface area (Å²) >= 11 is 7.96. The highest BCUT2D eigenvalue weighted by molar-refractivity contribution is 14.1. The van der Waals surface area contributed by atoms with Gasteiger partial charge in [0.25, 0.3) is 5.91 Å². The second-order valence-electron chi connectivity index (χ2n) is 4.98. The maximum Gasteiger partial charge on any atom is 0.275 e. The van der Waals surface area contributed by atoms with E-state index in [1.54, 1.807) is 35.0 Å². The molecule has 0 aliphatic rings. The summed E-state index contributed by atoms with van der Waals surface area (Å²) in [5.41, 5.74) is 2.28. The Morgan fingerprint density at radius 1 is 1.35 bits per heavy atom. The molecule has 3 aromatic rings. The molecule has 1 amide bonds. The molecule has 6 nitrogen and oxygen atoms in total. The molecule has 8 heteroatoms. The quantitative estimate of drug-likeness (QED) is 0.633. The summed E-state index contributed by atoms with van der Waals surface area (Å²) in [6.45, 7) is 0.583. The van der Waals surface area contributed by atoms with E-state index < -0.39 is 0 Å². The van der Waals surface area contributed by atoms with Crippen molar-refractivity contribution < 1.29 is 4.79 Å². The predicted octanol–water partition coefficient (Wildman–Crippen LogP) is 3.18. The van der Waals surface area contributed by atoms with Crippen molar-refractivity contribution in [1.82, 2.24) is 19.6 Å². The second-order valence-corrected chi connectivity index (χ2v) is 6.57. The van der Waals surface area contributed by atoms with Crippen molar-refractivity contribution in [3.8, 4) is 0 Å². The fraction of sp³-hybridized carbons (Fsp3) is 0.133. The number of rotatable bonds is 4. The van der Waals surface area contributed by atoms with Crippen molar-refractivity contribution in [3.63, 3.8) is 0 Å². The standard InChI is InChI=1S/C15H13ClIN5O/c1-21-14(13(17)7-18-21)15(23)20-12-4-2-3-10(5-12)8-22-9-11(16)6-19-22/h2-7,9H,8H2,1H3,(H,20,23). The fourth-order valence-corrected chi connectivity index (χ4v) is 3.09. The SMILES string of the molecule is Cn1ncc(I)c1C(=O)Nc1cccc(Cn2cc(Cl)cn2)c1. The van der Waals surface area contributed by atoms with Crippen LogP contribution in [0.25, 0.3) is 0 Å². The number of aromatic nitrogens is 4. The van der Waals surface area contributed by atoms with E-state index >= 15 is 0 Å². The van der Waals surface area contributed by atoms with Crippen LogP contribution in [0.2, 0.25) is 5.02 Å². The Bertz CT molecular complexity index is 838. The third-order valence-electron chi connectivity index (χ3n) is 3.24. The van der Waals surface area contributed by atoms with Crippen LogP contribution in [-0.2, 0) is 13.6 Å². The van der Waals surface area contributed by atoms with Crippen LogP contribution in [0.3, 0.4) is 0 Å². The summed E-state index contributed by atoms with van der Waals surface area (Å²) in [5.74, 6) is -0.186. The van der Waals surface area contributed by atoms with Crippen molar-refractivity contribution in [3.05, 3.63) is 62.7 Å².